The summed E-state index contributed by atoms with van der Waals surface area (Å²) in [5, 5.41) is 3.75. The summed E-state index contributed by atoms with van der Waals surface area (Å²) in [4.78, 5) is 0. The highest BCUT2D eigenvalue weighted by molar-refractivity contribution is 4.77. The van der Waals surface area contributed by atoms with Gasteiger partial charge in [0.1, 0.15) is 0 Å². The zero-order valence-corrected chi connectivity index (χ0v) is 13.8. The third kappa shape index (κ3) is 8.97. The van der Waals surface area contributed by atoms with E-state index in [9.17, 15) is 0 Å². The molecule has 0 aliphatic heterocycles. The van der Waals surface area contributed by atoms with E-state index in [2.05, 4.69) is 46.9 Å². The number of rotatable bonds is 10. The Morgan fingerprint density at radius 3 is 2.11 bits per heavy atom. The Bertz CT molecular complexity index is 181. The van der Waals surface area contributed by atoms with Gasteiger partial charge in [0.05, 0.1) is 0 Å². The lowest BCUT2D eigenvalue weighted by atomic mass is 9.78. The largest absolute Gasteiger partial charge is 0.314 e. The van der Waals surface area contributed by atoms with Crippen LogP contribution in [0.15, 0.2) is 0 Å². The highest BCUT2D eigenvalue weighted by atomic mass is 14.9. The average molecular weight is 255 g/mol. The molecule has 0 aliphatic carbocycles. The van der Waals surface area contributed by atoms with E-state index in [1.165, 1.54) is 51.5 Å². The number of nitrogens with one attached hydrogen (secondary N) is 1. The van der Waals surface area contributed by atoms with Crippen molar-refractivity contribution in [3.05, 3.63) is 0 Å². The van der Waals surface area contributed by atoms with Gasteiger partial charge in [-0.05, 0) is 37.1 Å². The molecule has 0 spiro atoms. The van der Waals surface area contributed by atoms with Crippen molar-refractivity contribution >= 4 is 0 Å². The molecule has 110 valence electrons. The van der Waals surface area contributed by atoms with Crippen LogP contribution in [0.3, 0.4) is 0 Å². The Kier molecular flexibility index (Phi) is 9.81. The van der Waals surface area contributed by atoms with E-state index >= 15 is 0 Å². The molecule has 2 atom stereocenters. The predicted molar refractivity (Wildman–Crippen MR) is 84.1 cm³/mol. The maximum atomic E-state index is 3.75. The molecule has 0 radical (unpaired) electrons. The monoisotopic (exact) mass is 255 g/mol. The van der Waals surface area contributed by atoms with Crippen molar-refractivity contribution in [1.29, 1.82) is 0 Å². The summed E-state index contributed by atoms with van der Waals surface area (Å²) in [6.45, 7) is 15.2. The number of hydrogen-bond donors (Lipinski definition) is 1. The molecule has 0 heterocycles. The van der Waals surface area contributed by atoms with Crippen LogP contribution in [0.4, 0.5) is 0 Å². The second kappa shape index (κ2) is 9.83. The second-order valence-electron chi connectivity index (χ2n) is 7.00. The van der Waals surface area contributed by atoms with Gasteiger partial charge in [-0.3, -0.25) is 0 Å². The summed E-state index contributed by atoms with van der Waals surface area (Å²) in [5.41, 5.74) is 0.440. The molecule has 1 nitrogen and oxygen atoms in total. The zero-order valence-electron chi connectivity index (χ0n) is 13.8. The van der Waals surface area contributed by atoms with Crippen molar-refractivity contribution in [3.8, 4) is 0 Å². The second-order valence-corrected chi connectivity index (χ2v) is 7.00. The normalized spacial score (nSPS) is 15.7. The van der Waals surface area contributed by atoms with Gasteiger partial charge in [0, 0.05) is 6.04 Å². The Balaban J connectivity index is 4.05. The van der Waals surface area contributed by atoms with Gasteiger partial charge < -0.3 is 5.32 Å². The standard InChI is InChI=1S/C17H37N/c1-7-9-10-11-12-16(18-13-8-2)14-15(3)17(4,5)6/h15-16,18H,7-14H2,1-6H3. The fourth-order valence-corrected chi connectivity index (χ4v) is 2.25. The minimum Gasteiger partial charge on any atom is -0.314 e. The van der Waals surface area contributed by atoms with Crippen LogP contribution >= 0.6 is 0 Å². The van der Waals surface area contributed by atoms with E-state index in [1.54, 1.807) is 0 Å². The highest BCUT2D eigenvalue weighted by Gasteiger charge is 2.23. The molecular formula is C17H37N. The molecule has 0 rings (SSSR count). The number of unbranched alkanes of at least 4 members (excludes halogenated alkanes) is 3. The maximum Gasteiger partial charge on any atom is 0.00697 e. The lowest BCUT2D eigenvalue weighted by Gasteiger charge is -2.31. The van der Waals surface area contributed by atoms with Gasteiger partial charge in [-0.25, -0.2) is 0 Å². The van der Waals surface area contributed by atoms with E-state index in [0.29, 0.717) is 5.41 Å². The van der Waals surface area contributed by atoms with Crippen molar-refractivity contribution in [1.82, 2.24) is 5.32 Å². The molecule has 0 saturated heterocycles. The molecule has 1 N–H and O–H groups in total. The fraction of sp³-hybridized carbons (Fsp3) is 1.00. The molecular weight excluding hydrogens is 218 g/mol. The topological polar surface area (TPSA) is 12.0 Å². The lowest BCUT2D eigenvalue weighted by Crippen LogP contribution is -2.34. The van der Waals surface area contributed by atoms with E-state index in [0.717, 1.165) is 12.0 Å². The first kappa shape index (κ1) is 18.0. The first-order valence-corrected chi connectivity index (χ1v) is 8.15. The average Bonchev–Trinajstić information content (AvgIpc) is 2.29. The van der Waals surface area contributed by atoms with Crippen molar-refractivity contribution < 1.29 is 0 Å². The first-order valence-electron chi connectivity index (χ1n) is 8.15. The molecule has 0 fully saturated rings. The van der Waals surface area contributed by atoms with Crippen LogP contribution in [0.1, 0.15) is 86.5 Å². The van der Waals surface area contributed by atoms with Gasteiger partial charge >= 0.3 is 0 Å². The highest BCUT2D eigenvalue weighted by Crippen LogP contribution is 2.30. The van der Waals surface area contributed by atoms with Gasteiger partial charge in [0.25, 0.3) is 0 Å². The Hall–Kier alpha value is -0.0400. The third-order valence-corrected chi connectivity index (χ3v) is 4.21. The SMILES string of the molecule is CCCCCCC(CC(C)C(C)(C)C)NCCC. The number of hydrogen-bond acceptors (Lipinski definition) is 1. The molecule has 0 saturated carbocycles. The lowest BCUT2D eigenvalue weighted by molar-refractivity contribution is 0.217. The van der Waals surface area contributed by atoms with E-state index in [-0.39, 0.29) is 0 Å². The maximum absolute atomic E-state index is 3.75. The summed E-state index contributed by atoms with van der Waals surface area (Å²) in [6, 6.07) is 0.732. The summed E-state index contributed by atoms with van der Waals surface area (Å²) in [5.74, 6) is 0.790. The Morgan fingerprint density at radius 2 is 1.61 bits per heavy atom. The molecule has 18 heavy (non-hydrogen) atoms. The molecule has 0 bridgehead atoms. The van der Waals surface area contributed by atoms with Crippen LogP contribution in [0, 0.1) is 11.3 Å². The summed E-state index contributed by atoms with van der Waals surface area (Å²) >= 11 is 0. The van der Waals surface area contributed by atoms with E-state index in [4.69, 9.17) is 0 Å². The first-order chi connectivity index (χ1) is 8.41. The Labute approximate surface area is 116 Å². The van der Waals surface area contributed by atoms with Crippen LogP contribution in [-0.4, -0.2) is 12.6 Å². The van der Waals surface area contributed by atoms with Crippen molar-refractivity contribution in [3.63, 3.8) is 0 Å². The van der Waals surface area contributed by atoms with Crippen LogP contribution in [0.25, 0.3) is 0 Å². The molecule has 0 aromatic carbocycles. The third-order valence-electron chi connectivity index (χ3n) is 4.21. The minimum absolute atomic E-state index is 0.440. The van der Waals surface area contributed by atoms with Gasteiger partial charge in [0.2, 0.25) is 0 Å². The fourth-order valence-electron chi connectivity index (χ4n) is 2.25. The smallest absolute Gasteiger partial charge is 0.00697 e. The molecule has 0 amide bonds. The van der Waals surface area contributed by atoms with Crippen molar-refractivity contribution in [2.75, 3.05) is 6.54 Å². The van der Waals surface area contributed by atoms with Crippen molar-refractivity contribution in [2.45, 2.75) is 92.5 Å². The summed E-state index contributed by atoms with van der Waals surface area (Å²) < 4.78 is 0. The van der Waals surface area contributed by atoms with Gasteiger partial charge in [-0.1, -0.05) is 67.2 Å². The van der Waals surface area contributed by atoms with Gasteiger partial charge in [-0.15, -0.1) is 0 Å². The zero-order chi connectivity index (χ0) is 14.0. The summed E-state index contributed by atoms with van der Waals surface area (Å²) in [7, 11) is 0. The Morgan fingerprint density at radius 1 is 0.944 bits per heavy atom. The van der Waals surface area contributed by atoms with Crippen LogP contribution in [0.2, 0.25) is 0 Å². The molecule has 0 aromatic rings. The summed E-state index contributed by atoms with van der Waals surface area (Å²) in [6.07, 6.45) is 9.48. The minimum atomic E-state index is 0.440. The van der Waals surface area contributed by atoms with Gasteiger partial charge in [-0.2, -0.15) is 0 Å². The van der Waals surface area contributed by atoms with Gasteiger partial charge in [0.15, 0.2) is 0 Å². The van der Waals surface area contributed by atoms with Crippen molar-refractivity contribution in [2.24, 2.45) is 11.3 Å². The van der Waals surface area contributed by atoms with Crippen LogP contribution in [-0.2, 0) is 0 Å². The van der Waals surface area contributed by atoms with E-state index in [1.807, 2.05) is 0 Å². The predicted octanol–water partition coefficient (Wildman–Crippen LogP) is 5.40. The van der Waals surface area contributed by atoms with E-state index < -0.39 is 0 Å². The van der Waals surface area contributed by atoms with Crippen LogP contribution < -0.4 is 5.32 Å². The van der Waals surface area contributed by atoms with Crippen LogP contribution in [0.5, 0.6) is 0 Å². The quantitative estimate of drug-likeness (QED) is 0.516. The molecule has 1 heteroatoms. The molecule has 0 aromatic heterocycles. The molecule has 2 unspecified atom stereocenters. The molecule has 0 aliphatic rings.